The highest BCUT2D eigenvalue weighted by Crippen LogP contribution is 2.29. The van der Waals surface area contributed by atoms with Crippen molar-refractivity contribution in [1.82, 2.24) is 10.3 Å². The largest absolute Gasteiger partial charge is 0.497 e. The topological polar surface area (TPSA) is 80.3 Å². The molecule has 0 saturated carbocycles. The van der Waals surface area contributed by atoms with E-state index in [0.717, 1.165) is 16.0 Å². The predicted octanol–water partition coefficient (Wildman–Crippen LogP) is 2.00. The summed E-state index contributed by atoms with van der Waals surface area (Å²) in [7, 11) is -1.49. The number of hydrogen-bond acceptors (Lipinski definition) is 6. The summed E-state index contributed by atoms with van der Waals surface area (Å²) in [5, 5.41) is 6.37. The van der Waals surface area contributed by atoms with Gasteiger partial charge in [0.15, 0.2) is 20.1 Å². The Morgan fingerprint density at radius 1 is 1.48 bits per heavy atom. The van der Waals surface area contributed by atoms with Gasteiger partial charge in [0, 0.05) is 0 Å². The molecule has 10 heteroatoms. The molecule has 0 spiro atoms. The normalized spacial score (nSPS) is 22.9. The maximum absolute atomic E-state index is 11.6. The number of anilines is 1. The molecule has 1 aliphatic rings. The maximum atomic E-state index is 11.6. The number of thiazole rings is 1. The smallest absolute Gasteiger partial charge is 0.190 e. The molecule has 0 amide bonds. The molecule has 2 N–H and O–H groups in total. The minimum atomic E-state index is -3.10. The van der Waals surface area contributed by atoms with Gasteiger partial charge >= 0.3 is 0 Å². The van der Waals surface area contributed by atoms with Crippen molar-refractivity contribution in [3.63, 3.8) is 0 Å². The van der Waals surface area contributed by atoms with Crippen LogP contribution in [0.4, 0.5) is 5.13 Å². The third-order valence-corrected chi connectivity index (χ3v) is 6.94. The number of ether oxygens (including phenoxy) is 1. The van der Waals surface area contributed by atoms with Gasteiger partial charge in [0.1, 0.15) is 5.75 Å². The number of thiocarbonyl (C=S) groups is 1. The highest BCUT2D eigenvalue weighted by molar-refractivity contribution is 7.91. The van der Waals surface area contributed by atoms with Crippen molar-refractivity contribution < 1.29 is 13.2 Å². The summed E-state index contributed by atoms with van der Waals surface area (Å²) in [5.41, 5.74) is 0.833. The van der Waals surface area contributed by atoms with E-state index < -0.39 is 21.3 Å². The van der Waals surface area contributed by atoms with Gasteiger partial charge in [0.05, 0.1) is 40.3 Å². The fraction of sp³-hybridized carbons (Fsp3) is 0.385. The van der Waals surface area contributed by atoms with Crippen LogP contribution in [0.3, 0.4) is 0 Å². The number of aromatic nitrogens is 1. The number of nitrogens with one attached hydrogen (secondary N) is 2. The number of halogens is 1. The number of sulfone groups is 1. The lowest BCUT2D eigenvalue weighted by atomic mass is 10.3. The van der Waals surface area contributed by atoms with E-state index in [2.05, 4.69) is 15.6 Å². The molecule has 0 radical (unpaired) electrons. The summed E-state index contributed by atoms with van der Waals surface area (Å²) in [6, 6.07) is 5.21. The first kappa shape index (κ1) is 16.7. The molecule has 0 bridgehead atoms. The van der Waals surface area contributed by atoms with E-state index in [9.17, 15) is 8.42 Å². The van der Waals surface area contributed by atoms with E-state index >= 15 is 0 Å². The molecule has 1 fully saturated rings. The van der Waals surface area contributed by atoms with Crippen LogP contribution in [-0.4, -0.2) is 48.5 Å². The van der Waals surface area contributed by atoms with Crippen LogP contribution in [0.1, 0.15) is 0 Å². The first-order chi connectivity index (χ1) is 10.9. The molecule has 1 aromatic carbocycles. The van der Waals surface area contributed by atoms with Crippen molar-refractivity contribution in [1.29, 1.82) is 0 Å². The van der Waals surface area contributed by atoms with Crippen LogP contribution in [-0.2, 0) is 9.84 Å². The molecule has 2 heterocycles. The van der Waals surface area contributed by atoms with E-state index in [4.69, 9.17) is 28.6 Å². The molecule has 2 unspecified atom stereocenters. The van der Waals surface area contributed by atoms with Crippen LogP contribution < -0.4 is 15.4 Å². The average Bonchev–Trinajstić information content (AvgIpc) is 2.97. The van der Waals surface area contributed by atoms with Crippen LogP contribution in [0.15, 0.2) is 18.2 Å². The number of alkyl halides is 1. The first-order valence-corrected chi connectivity index (χ1v) is 10.2. The van der Waals surface area contributed by atoms with Crippen molar-refractivity contribution in [2.75, 3.05) is 23.9 Å². The number of fused-ring (bicyclic) bond motifs is 1. The number of rotatable bonds is 3. The Morgan fingerprint density at radius 3 is 2.91 bits per heavy atom. The SMILES string of the molecule is COc1ccc2nc(NC(=S)NC3CS(=O)(=O)CC3Cl)sc2c1. The summed E-state index contributed by atoms with van der Waals surface area (Å²) in [6.45, 7) is 0. The lowest BCUT2D eigenvalue weighted by Crippen LogP contribution is -2.42. The van der Waals surface area contributed by atoms with Gasteiger partial charge in [0.2, 0.25) is 0 Å². The maximum Gasteiger partial charge on any atom is 0.190 e. The van der Waals surface area contributed by atoms with Crippen molar-refractivity contribution in [2.45, 2.75) is 11.4 Å². The monoisotopic (exact) mass is 391 g/mol. The third-order valence-electron chi connectivity index (χ3n) is 3.42. The zero-order valence-electron chi connectivity index (χ0n) is 12.1. The van der Waals surface area contributed by atoms with E-state index in [1.165, 1.54) is 11.3 Å². The van der Waals surface area contributed by atoms with Gasteiger partial charge < -0.3 is 15.4 Å². The quantitative estimate of drug-likeness (QED) is 0.611. The molecule has 124 valence electrons. The molecular formula is C13H14ClN3O3S3. The Hall–Kier alpha value is -1.16. The van der Waals surface area contributed by atoms with Gasteiger partial charge in [0.25, 0.3) is 0 Å². The minimum absolute atomic E-state index is 0.0139. The Balaban J connectivity index is 1.68. The molecule has 2 aromatic rings. The van der Waals surface area contributed by atoms with Gasteiger partial charge in [-0.15, -0.1) is 11.6 Å². The van der Waals surface area contributed by atoms with Gasteiger partial charge in [-0.05, 0) is 30.4 Å². The molecule has 6 nitrogen and oxygen atoms in total. The fourth-order valence-corrected chi connectivity index (χ4v) is 6.09. The molecule has 1 saturated heterocycles. The van der Waals surface area contributed by atoms with Gasteiger partial charge in [-0.25, -0.2) is 13.4 Å². The van der Waals surface area contributed by atoms with Crippen LogP contribution in [0.2, 0.25) is 0 Å². The molecule has 1 aromatic heterocycles. The summed E-state index contributed by atoms with van der Waals surface area (Å²) in [5.74, 6) is 0.713. The lowest BCUT2D eigenvalue weighted by Gasteiger charge is -2.16. The third kappa shape index (κ3) is 3.85. The Morgan fingerprint density at radius 2 is 2.26 bits per heavy atom. The lowest BCUT2D eigenvalue weighted by molar-refractivity contribution is 0.415. The summed E-state index contributed by atoms with van der Waals surface area (Å²) >= 11 is 12.7. The number of hydrogen-bond donors (Lipinski definition) is 2. The average molecular weight is 392 g/mol. The van der Waals surface area contributed by atoms with E-state index in [0.29, 0.717) is 10.2 Å². The number of nitrogens with zero attached hydrogens (tertiary/aromatic N) is 1. The Kier molecular flexibility index (Phi) is 4.63. The standard InChI is InChI=1S/C13H14ClN3O3S3/c1-20-7-2-3-9-11(4-7)22-13(16-9)17-12(21)15-10-6-23(18,19)5-8(10)14/h2-4,8,10H,5-6H2,1H3,(H2,15,16,17,21). The first-order valence-electron chi connectivity index (χ1n) is 6.73. The molecule has 3 rings (SSSR count). The Labute approximate surface area is 148 Å². The second-order valence-corrected chi connectivity index (χ2v) is 9.30. The zero-order valence-corrected chi connectivity index (χ0v) is 15.3. The van der Waals surface area contributed by atoms with Crippen LogP contribution in [0, 0.1) is 0 Å². The fourth-order valence-electron chi connectivity index (χ4n) is 2.32. The van der Waals surface area contributed by atoms with Crippen LogP contribution in [0.5, 0.6) is 5.75 Å². The zero-order chi connectivity index (χ0) is 16.6. The van der Waals surface area contributed by atoms with Crippen molar-refractivity contribution in [2.24, 2.45) is 0 Å². The van der Waals surface area contributed by atoms with Crippen LogP contribution >= 0.6 is 35.2 Å². The van der Waals surface area contributed by atoms with Gasteiger partial charge in [-0.1, -0.05) is 11.3 Å². The minimum Gasteiger partial charge on any atom is -0.497 e. The van der Waals surface area contributed by atoms with Gasteiger partial charge in [-0.3, -0.25) is 0 Å². The summed E-state index contributed by atoms with van der Waals surface area (Å²) < 4.78 is 29.3. The second kappa shape index (κ2) is 6.39. The van der Waals surface area contributed by atoms with Crippen molar-refractivity contribution in [3.05, 3.63) is 18.2 Å². The highest BCUT2D eigenvalue weighted by Gasteiger charge is 2.36. The van der Waals surface area contributed by atoms with E-state index in [-0.39, 0.29) is 11.5 Å². The molecular weight excluding hydrogens is 378 g/mol. The van der Waals surface area contributed by atoms with Crippen LogP contribution in [0.25, 0.3) is 10.2 Å². The van der Waals surface area contributed by atoms with Gasteiger partial charge in [-0.2, -0.15) is 0 Å². The van der Waals surface area contributed by atoms with E-state index in [1.54, 1.807) is 7.11 Å². The molecule has 1 aliphatic heterocycles. The molecule has 2 atom stereocenters. The highest BCUT2D eigenvalue weighted by atomic mass is 35.5. The molecule has 23 heavy (non-hydrogen) atoms. The predicted molar refractivity (Wildman–Crippen MR) is 97.6 cm³/mol. The Bertz CT molecular complexity index is 853. The second-order valence-electron chi connectivity index (χ2n) is 5.15. The summed E-state index contributed by atoms with van der Waals surface area (Å²) in [4.78, 5) is 4.42. The van der Waals surface area contributed by atoms with E-state index in [1.807, 2.05) is 18.2 Å². The number of benzene rings is 1. The number of methoxy groups -OCH3 is 1. The van der Waals surface area contributed by atoms with Crippen molar-refractivity contribution >= 4 is 65.5 Å². The summed E-state index contributed by atoms with van der Waals surface area (Å²) in [6.07, 6.45) is 0. The van der Waals surface area contributed by atoms with Crippen molar-refractivity contribution in [3.8, 4) is 5.75 Å². The molecule has 0 aliphatic carbocycles.